The third kappa shape index (κ3) is 4.39. The van der Waals surface area contributed by atoms with Gasteiger partial charge in [-0.1, -0.05) is 29.8 Å². The van der Waals surface area contributed by atoms with E-state index in [1.807, 2.05) is 12.1 Å². The van der Waals surface area contributed by atoms with E-state index in [1.165, 1.54) is 12.1 Å². The van der Waals surface area contributed by atoms with Crippen LogP contribution < -0.4 is 9.83 Å². The molecule has 2 aromatic carbocycles. The number of benzene rings is 2. The molecule has 0 heterocycles. The molecule has 7 heteroatoms. The van der Waals surface area contributed by atoms with Crippen molar-refractivity contribution in [3.8, 4) is 0 Å². The molecule has 1 unspecified atom stereocenters. The molecule has 0 saturated carbocycles. The summed E-state index contributed by atoms with van der Waals surface area (Å²) in [6.45, 7) is 0.329. The van der Waals surface area contributed by atoms with Crippen LogP contribution in [0.1, 0.15) is 16.7 Å². The summed E-state index contributed by atoms with van der Waals surface area (Å²) < 4.78 is 27.3. The molecule has 0 amide bonds. The maximum atomic E-state index is 12.3. The minimum Gasteiger partial charge on any atom is -0.550 e. The van der Waals surface area contributed by atoms with Crippen LogP contribution in [0.4, 0.5) is 0 Å². The van der Waals surface area contributed by atoms with Crippen molar-refractivity contribution in [2.45, 2.75) is 24.2 Å². The number of sulfonamides is 1. The van der Waals surface area contributed by atoms with Crippen LogP contribution in [0.25, 0.3) is 0 Å². The second-order valence-electron chi connectivity index (χ2n) is 6.23. The molecule has 0 aromatic heterocycles. The molecular weight excluding hydrogens is 362 g/mol. The molecule has 1 aliphatic rings. The van der Waals surface area contributed by atoms with Gasteiger partial charge in [0.2, 0.25) is 10.0 Å². The SMILES string of the molecule is O=C([O-])Cc1ccc2c(c1)CC(CNS(=O)(=O)c1ccc(Cl)cc1)C2. The monoisotopic (exact) mass is 378 g/mol. The lowest BCUT2D eigenvalue weighted by molar-refractivity contribution is -0.304. The first-order valence-corrected chi connectivity index (χ1v) is 9.75. The summed E-state index contributed by atoms with van der Waals surface area (Å²) in [5, 5.41) is 11.2. The number of carbonyl (C=O) groups is 1. The van der Waals surface area contributed by atoms with Gasteiger partial charge in [-0.15, -0.1) is 0 Å². The van der Waals surface area contributed by atoms with Crippen molar-refractivity contribution in [2.75, 3.05) is 6.54 Å². The Morgan fingerprint density at radius 2 is 1.80 bits per heavy atom. The van der Waals surface area contributed by atoms with Gasteiger partial charge < -0.3 is 9.90 Å². The maximum absolute atomic E-state index is 12.3. The smallest absolute Gasteiger partial charge is 0.240 e. The van der Waals surface area contributed by atoms with Crippen LogP contribution in [0.3, 0.4) is 0 Å². The average molecular weight is 379 g/mol. The highest BCUT2D eigenvalue weighted by Gasteiger charge is 2.24. The van der Waals surface area contributed by atoms with Crippen LogP contribution in [0, 0.1) is 5.92 Å². The highest BCUT2D eigenvalue weighted by Crippen LogP contribution is 2.28. The van der Waals surface area contributed by atoms with Gasteiger partial charge >= 0.3 is 0 Å². The molecule has 1 N–H and O–H groups in total. The van der Waals surface area contributed by atoms with Crippen molar-refractivity contribution in [2.24, 2.45) is 5.92 Å². The Balaban J connectivity index is 1.63. The van der Waals surface area contributed by atoms with Gasteiger partial charge in [0.05, 0.1) is 4.90 Å². The Morgan fingerprint density at radius 1 is 1.12 bits per heavy atom. The normalized spacial score (nSPS) is 16.6. The first-order chi connectivity index (χ1) is 11.8. The lowest BCUT2D eigenvalue weighted by Gasteiger charge is -2.11. The van der Waals surface area contributed by atoms with Crippen molar-refractivity contribution >= 4 is 27.6 Å². The maximum Gasteiger partial charge on any atom is 0.240 e. The minimum absolute atomic E-state index is 0.110. The lowest BCUT2D eigenvalue weighted by atomic mass is 10.0. The fraction of sp³-hybridized carbons (Fsp3) is 0.278. The molecule has 1 aliphatic carbocycles. The Morgan fingerprint density at radius 3 is 2.48 bits per heavy atom. The van der Waals surface area contributed by atoms with E-state index in [-0.39, 0.29) is 17.2 Å². The molecule has 0 saturated heterocycles. The van der Waals surface area contributed by atoms with Gasteiger partial charge in [-0.25, -0.2) is 13.1 Å². The number of fused-ring (bicyclic) bond motifs is 1. The van der Waals surface area contributed by atoms with E-state index in [0.29, 0.717) is 17.1 Å². The summed E-state index contributed by atoms with van der Waals surface area (Å²) in [5.74, 6) is -0.958. The molecule has 132 valence electrons. The number of halogens is 1. The van der Waals surface area contributed by atoms with Crippen LogP contribution >= 0.6 is 11.6 Å². The zero-order chi connectivity index (χ0) is 18.0. The van der Waals surface area contributed by atoms with E-state index >= 15 is 0 Å². The Bertz CT molecular complexity index is 894. The van der Waals surface area contributed by atoms with E-state index in [1.54, 1.807) is 18.2 Å². The summed E-state index contributed by atoms with van der Waals surface area (Å²) in [4.78, 5) is 10.9. The molecule has 2 aromatic rings. The summed E-state index contributed by atoms with van der Waals surface area (Å²) in [5.41, 5.74) is 2.92. The quantitative estimate of drug-likeness (QED) is 0.821. The van der Waals surface area contributed by atoms with E-state index in [2.05, 4.69) is 4.72 Å². The van der Waals surface area contributed by atoms with Gasteiger partial charge in [0.1, 0.15) is 0 Å². The third-order valence-electron chi connectivity index (χ3n) is 4.32. The summed E-state index contributed by atoms with van der Waals surface area (Å²) >= 11 is 5.78. The molecule has 0 spiro atoms. The molecule has 3 rings (SSSR count). The Labute approximate surface area is 151 Å². The van der Waals surface area contributed by atoms with Crippen LogP contribution in [0.15, 0.2) is 47.4 Å². The average Bonchev–Trinajstić information content (AvgIpc) is 2.95. The minimum atomic E-state index is -3.57. The predicted molar refractivity (Wildman–Crippen MR) is 92.7 cm³/mol. The van der Waals surface area contributed by atoms with Gasteiger partial charge in [0.15, 0.2) is 0 Å². The lowest BCUT2D eigenvalue weighted by Crippen LogP contribution is -2.29. The number of rotatable bonds is 6. The number of hydrogen-bond acceptors (Lipinski definition) is 4. The standard InChI is InChI=1S/C18H18ClNO4S/c19-16-3-5-17(6-4-16)25(23,24)20-11-13-8-14-2-1-12(10-18(21)22)7-15(14)9-13/h1-7,13,20H,8-11H2,(H,21,22)/p-1. The van der Waals surface area contributed by atoms with Crippen LogP contribution in [-0.2, 0) is 34.1 Å². The second-order valence-corrected chi connectivity index (χ2v) is 8.44. The van der Waals surface area contributed by atoms with Crippen LogP contribution in [0.2, 0.25) is 5.02 Å². The van der Waals surface area contributed by atoms with E-state index < -0.39 is 16.0 Å². The fourth-order valence-electron chi connectivity index (χ4n) is 3.11. The molecule has 5 nitrogen and oxygen atoms in total. The zero-order valence-electron chi connectivity index (χ0n) is 13.4. The molecule has 0 fully saturated rings. The number of hydrogen-bond donors (Lipinski definition) is 1. The van der Waals surface area contributed by atoms with E-state index in [4.69, 9.17) is 11.6 Å². The van der Waals surface area contributed by atoms with Crippen LogP contribution in [0.5, 0.6) is 0 Å². The van der Waals surface area contributed by atoms with Crippen molar-refractivity contribution in [3.63, 3.8) is 0 Å². The number of nitrogens with one attached hydrogen (secondary N) is 1. The molecule has 0 bridgehead atoms. The number of carbonyl (C=O) groups excluding carboxylic acids is 1. The molecule has 1 atom stereocenters. The largest absolute Gasteiger partial charge is 0.550 e. The fourth-order valence-corrected chi connectivity index (χ4v) is 4.35. The summed E-state index contributed by atoms with van der Waals surface area (Å²) in [6.07, 6.45) is 1.38. The van der Waals surface area contributed by atoms with E-state index in [9.17, 15) is 18.3 Å². The highest BCUT2D eigenvalue weighted by atomic mass is 35.5. The second kappa shape index (κ2) is 7.15. The third-order valence-corrected chi connectivity index (χ3v) is 6.01. The van der Waals surface area contributed by atoms with Crippen molar-refractivity contribution in [1.82, 2.24) is 4.72 Å². The molecule has 25 heavy (non-hydrogen) atoms. The molecule has 0 aliphatic heterocycles. The number of carboxylic acids is 1. The van der Waals surface area contributed by atoms with Gasteiger partial charge in [-0.2, -0.15) is 0 Å². The molecular formula is C18H17ClNO4S-. The van der Waals surface area contributed by atoms with Gasteiger partial charge in [0.25, 0.3) is 0 Å². The van der Waals surface area contributed by atoms with Gasteiger partial charge in [-0.05, 0) is 59.7 Å². The van der Waals surface area contributed by atoms with Gasteiger partial charge in [0, 0.05) is 24.0 Å². The van der Waals surface area contributed by atoms with E-state index in [0.717, 1.165) is 24.0 Å². The number of carboxylic acid groups (broad SMARTS) is 1. The first kappa shape index (κ1) is 17.9. The summed E-state index contributed by atoms with van der Waals surface area (Å²) in [7, 11) is -3.57. The highest BCUT2D eigenvalue weighted by molar-refractivity contribution is 7.89. The predicted octanol–water partition coefficient (Wildman–Crippen LogP) is 1.33. The number of aliphatic carboxylic acids is 1. The Kier molecular flexibility index (Phi) is 5.13. The summed E-state index contributed by atoms with van der Waals surface area (Å²) in [6, 6.07) is 11.6. The van der Waals surface area contributed by atoms with Crippen LogP contribution in [-0.4, -0.2) is 20.9 Å². The first-order valence-electron chi connectivity index (χ1n) is 7.89. The Hall–Kier alpha value is -1.89. The van der Waals surface area contributed by atoms with Crippen molar-refractivity contribution < 1.29 is 18.3 Å². The van der Waals surface area contributed by atoms with Crippen molar-refractivity contribution in [3.05, 3.63) is 64.2 Å². The van der Waals surface area contributed by atoms with Crippen molar-refractivity contribution in [1.29, 1.82) is 0 Å². The van der Waals surface area contributed by atoms with Gasteiger partial charge in [-0.3, -0.25) is 0 Å². The topological polar surface area (TPSA) is 86.3 Å². The zero-order valence-corrected chi connectivity index (χ0v) is 14.9. The molecule has 0 radical (unpaired) electrons.